The van der Waals surface area contributed by atoms with Gasteiger partial charge in [0.15, 0.2) is 0 Å². The summed E-state index contributed by atoms with van der Waals surface area (Å²) in [5.41, 5.74) is 4.35. The number of halogens is 1. The van der Waals surface area contributed by atoms with Crippen molar-refractivity contribution in [3.63, 3.8) is 0 Å². The van der Waals surface area contributed by atoms with Crippen LogP contribution in [0.25, 0.3) is 0 Å². The van der Waals surface area contributed by atoms with Crippen LogP contribution in [0, 0.1) is 5.82 Å². The number of carbonyl (C=O) groups is 1. The lowest BCUT2D eigenvalue weighted by Crippen LogP contribution is -2.44. The van der Waals surface area contributed by atoms with Crippen molar-refractivity contribution in [3.8, 4) is 0 Å². The Morgan fingerprint density at radius 3 is 2.67 bits per heavy atom. The van der Waals surface area contributed by atoms with E-state index in [1.807, 2.05) is 0 Å². The first-order valence-electron chi connectivity index (χ1n) is 5.76. The van der Waals surface area contributed by atoms with Gasteiger partial charge in [0.05, 0.1) is 0 Å². The number of nitrogens with two attached hydrogens (primary N) is 1. The van der Waals surface area contributed by atoms with E-state index in [0.29, 0.717) is 13.0 Å². The van der Waals surface area contributed by atoms with Crippen molar-refractivity contribution in [1.82, 2.24) is 0 Å². The summed E-state index contributed by atoms with van der Waals surface area (Å²) in [5, 5.41) is 9.41. The van der Waals surface area contributed by atoms with Crippen molar-refractivity contribution in [2.24, 2.45) is 5.73 Å². The molecule has 0 fully saturated rings. The molecule has 0 aromatic heterocycles. The molecule has 1 aromatic carbocycles. The van der Waals surface area contributed by atoms with Gasteiger partial charge >= 0.3 is 5.97 Å². The summed E-state index contributed by atoms with van der Waals surface area (Å²) >= 11 is 0. The van der Waals surface area contributed by atoms with E-state index in [1.165, 1.54) is 25.3 Å². The highest BCUT2D eigenvalue weighted by atomic mass is 19.1. The molecule has 1 aromatic rings. The highest BCUT2D eigenvalue weighted by Crippen LogP contribution is 2.31. The molecule has 18 heavy (non-hydrogen) atoms. The second-order valence-electron chi connectivity index (χ2n) is 4.17. The minimum atomic E-state index is -1.39. The molecule has 100 valence electrons. The Labute approximate surface area is 106 Å². The van der Waals surface area contributed by atoms with E-state index in [9.17, 15) is 14.3 Å². The summed E-state index contributed by atoms with van der Waals surface area (Å²) in [5.74, 6) is -1.64. The maximum atomic E-state index is 13.8. The molecule has 0 spiro atoms. The fourth-order valence-electron chi connectivity index (χ4n) is 2.02. The van der Waals surface area contributed by atoms with Crippen molar-refractivity contribution in [3.05, 3.63) is 35.6 Å². The molecule has 0 amide bonds. The Balaban J connectivity index is 3.11. The summed E-state index contributed by atoms with van der Waals surface area (Å²) in [7, 11) is 1.54. The van der Waals surface area contributed by atoms with E-state index in [4.69, 9.17) is 10.5 Å². The zero-order valence-corrected chi connectivity index (χ0v) is 10.4. The number of carboxylic acid groups (broad SMARTS) is 1. The third kappa shape index (κ3) is 2.86. The lowest BCUT2D eigenvalue weighted by atomic mass is 9.76. The molecule has 1 atom stereocenters. The van der Waals surface area contributed by atoms with Crippen LogP contribution in [-0.2, 0) is 14.9 Å². The Kier molecular flexibility index (Phi) is 5.25. The summed E-state index contributed by atoms with van der Waals surface area (Å²) in [4.78, 5) is 11.5. The molecule has 1 unspecified atom stereocenters. The molecule has 0 bridgehead atoms. The normalized spacial score (nSPS) is 14.2. The van der Waals surface area contributed by atoms with E-state index in [2.05, 4.69) is 0 Å². The van der Waals surface area contributed by atoms with Crippen LogP contribution in [-0.4, -0.2) is 31.3 Å². The standard InChI is InChI=1S/C13H18FNO3/c1-18-8-4-7-13(9-15,12(16)17)10-5-2-3-6-11(10)14/h2-3,5-6H,4,7-9,15H2,1H3,(H,16,17). The Bertz CT molecular complexity index is 411. The number of ether oxygens (including phenoxy) is 1. The van der Waals surface area contributed by atoms with Gasteiger partial charge in [0.25, 0.3) is 0 Å². The summed E-state index contributed by atoms with van der Waals surface area (Å²) in [6.07, 6.45) is 0.752. The number of carboxylic acids is 1. The van der Waals surface area contributed by atoms with Gasteiger partial charge in [-0.1, -0.05) is 18.2 Å². The highest BCUT2D eigenvalue weighted by Gasteiger charge is 2.40. The number of benzene rings is 1. The van der Waals surface area contributed by atoms with E-state index in [1.54, 1.807) is 6.07 Å². The van der Waals surface area contributed by atoms with Gasteiger partial charge in [-0.3, -0.25) is 4.79 Å². The van der Waals surface area contributed by atoms with Crippen LogP contribution in [0.2, 0.25) is 0 Å². The molecule has 0 radical (unpaired) electrons. The quantitative estimate of drug-likeness (QED) is 0.725. The molecule has 0 saturated heterocycles. The predicted octanol–water partition coefficient (Wildman–Crippen LogP) is 1.53. The fraction of sp³-hybridized carbons (Fsp3) is 0.462. The lowest BCUT2D eigenvalue weighted by Gasteiger charge is -2.28. The van der Waals surface area contributed by atoms with Gasteiger partial charge in [0.2, 0.25) is 0 Å². The molecule has 0 aliphatic carbocycles. The van der Waals surface area contributed by atoms with Crippen LogP contribution in [0.1, 0.15) is 18.4 Å². The molecular formula is C13H18FNO3. The van der Waals surface area contributed by atoms with Crippen molar-refractivity contribution < 1.29 is 19.0 Å². The Morgan fingerprint density at radius 2 is 2.17 bits per heavy atom. The molecule has 5 heteroatoms. The minimum Gasteiger partial charge on any atom is -0.481 e. The van der Waals surface area contributed by atoms with Crippen LogP contribution < -0.4 is 5.73 Å². The number of aliphatic carboxylic acids is 1. The first kappa shape index (κ1) is 14.6. The average molecular weight is 255 g/mol. The van der Waals surface area contributed by atoms with Crippen LogP contribution >= 0.6 is 0 Å². The predicted molar refractivity (Wildman–Crippen MR) is 65.9 cm³/mol. The highest BCUT2D eigenvalue weighted by molar-refractivity contribution is 5.81. The van der Waals surface area contributed by atoms with Crippen molar-refractivity contribution >= 4 is 5.97 Å². The zero-order valence-electron chi connectivity index (χ0n) is 10.4. The van der Waals surface area contributed by atoms with Gasteiger partial charge in [-0.05, 0) is 18.9 Å². The van der Waals surface area contributed by atoms with Gasteiger partial charge in [0.1, 0.15) is 11.2 Å². The van der Waals surface area contributed by atoms with Gasteiger partial charge in [-0.2, -0.15) is 0 Å². The molecule has 3 N–H and O–H groups in total. The molecule has 0 heterocycles. The number of hydrogen-bond donors (Lipinski definition) is 2. The molecule has 0 aliphatic heterocycles. The first-order chi connectivity index (χ1) is 8.58. The smallest absolute Gasteiger partial charge is 0.315 e. The maximum absolute atomic E-state index is 13.8. The molecule has 0 aliphatic rings. The summed E-state index contributed by atoms with van der Waals surface area (Å²) < 4.78 is 18.7. The summed E-state index contributed by atoms with van der Waals surface area (Å²) in [6.45, 7) is 0.274. The summed E-state index contributed by atoms with van der Waals surface area (Å²) in [6, 6.07) is 5.86. The topological polar surface area (TPSA) is 72.5 Å². The third-order valence-electron chi connectivity index (χ3n) is 3.10. The number of hydrogen-bond acceptors (Lipinski definition) is 3. The maximum Gasteiger partial charge on any atom is 0.315 e. The monoisotopic (exact) mass is 255 g/mol. The van der Waals surface area contributed by atoms with E-state index < -0.39 is 17.2 Å². The molecule has 4 nitrogen and oxygen atoms in total. The zero-order chi connectivity index (χ0) is 13.6. The van der Waals surface area contributed by atoms with Gasteiger partial charge < -0.3 is 15.6 Å². The van der Waals surface area contributed by atoms with Crippen LogP contribution in [0.4, 0.5) is 4.39 Å². The van der Waals surface area contributed by atoms with E-state index >= 15 is 0 Å². The first-order valence-corrected chi connectivity index (χ1v) is 5.76. The second-order valence-corrected chi connectivity index (χ2v) is 4.17. The van der Waals surface area contributed by atoms with Crippen LogP contribution in [0.5, 0.6) is 0 Å². The average Bonchev–Trinajstić information content (AvgIpc) is 2.36. The second kappa shape index (κ2) is 6.47. The number of rotatable bonds is 7. The van der Waals surface area contributed by atoms with Gasteiger partial charge in [0, 0.05) is 25.8 Å². The molecular weight excluding hydrogens is 237 g/mol. The minimum absolute atomic E-state index is 0.135. The van der Waals surface area contributed by atoms with Crippen LogP contribution in [0.15, 0.2) is 24.3 Å². The van der Waals surface area contributed by atoms with E-state index in [0.717, 1.165) is 0 Å². The SMILES string of the molecule is COCCCC(CN)(C(=O)O)c1ccccc1F. The van der Waals surface area contributed by atoms with Crippen molar-refractivity contribution in [1.29, 1.82) is 0 Å². The van der Waals surface area contributed by atoms with E-state index in [-0.39, 0.29) is 18.5 Å². The fourth-order valence-corrected chi connectivity index (χ4v) is 2.02. The van der Waals surface area contributed by atoms with Crippen LogP contribution in [0.3, 0.4) is 0 Å². The lowest BCUT2D eigenvalue weighted by molar-refractivity contribution is -0.144. The third-order valence-corrected chi connectivity index (χ3v) is 3.10. The number of methoxy groups -OCH3 is 1. The largest absolute Gasteiger partial charge is 0.481 e. The van der Waals surface area contributed by atoms with Gasteiger partial charge in [-0.15, -0.1) is 0 Å². The molecule has 0 saturated carbocycles. The van der Waals surface area contributed by atoms with Crippen molar-refractivity contribution in [2.75, 3.05) is 20.3 Å². The Morgan fingerprint density at radius 1 is 1.50 bits per heavy atom. The molecule has 1 rings (SSSR count). The van der Waals surface area contributed by atoms with Gasteiger partial charge in [-0.25, -0.2) is 4.39 Å². The Hall–Kier alpha value is -1.46. The van der Waals surface area contributed by atoms with Crippen molar-refractivity contribution in [2.45, 2.75) is 18.3 Å².